The number of ether oxygens (including phenoxy) is 1. The van der Waals surface area contributed by atoms with Crippen LogP contribution < -0.4 is 0 Å². The van der Waals surface area contributed by atoms with Crippen LogP contribution in [0.4, 0.5) is 0 Å². The van der Waals surface area contributed by atoms with Crippen LogP contribution in [0.1, 0.15) is 5.56 Å². The molecule has 0 atom stereocenters. The third-order valence-electron chi connectivity index (χ3n) is 1.08. The Bertz CT molecular complexity index is 157. The maximum absolute atomic E-state index is 4.91. The zero-order chi connectivity index (χ0) is 6.53. The lowest BCUT2D eigenvalue weighted by molar-refractivity contribution is 0.185. The van der Waals surface area contributed by atoms with E-state index in [1.54, 1.807) is 7.11 Å². The van der Waals surface area contributed by atoms with Crippen molar-refractivity contribution in [2.75, 3.05) is 7.11 Å². The van der Waals surface area contributed by atoms with Crippen molar-refractivity contribution in [2.24, 2.45) is 0 Å². The lowest BCUT2D eigenvalue weighted by Crippen LogP contribution is -1.84. The Labute approximate surface area is 55.3 Å². The third-order valence-corrected chi connectivity index (χ3v) is 1.08. The molecule has 1 radical (unpaired) electrons. The molecule has 0 fully saturated rings. The van der Waals surface area contributed by atoms with Crippen LogP contribution in [0.3, 0.4) is 0 Å². The smallest absolute Gasteiger partial charge is 0.0713 e. The molecule has 0 aliphatic rings. The molecule has 0 amide bonds. The fraction of sp³-hybridized carbons (Fsp3) is 0.250. The molecule has 0 saturated heterocycles. The fourth-order valence-electron chi connectivity index (χ4n) is 0.687. The predicted octanol–water partition coefficient (Wildman–Crippen LogP) is 1.63. The summed E-state index contributed by atoms with van der Waals surface area (Å²) in [5.74, 6) is 0. The second kappa shape index (κ2) is 3.25. The highest BCUT2D eigenvalue weighted by molar-refractivity contribution is 5.12. The van der Waals surface area contributed by atoms with E-state index in [0.717, 1.165) is 0 Å². The molecule has 0 aliphatic carbocycles. The first-order valence-corrected chi connectivity index (χ1v) is 2.87. The van der Waals surface area contributed by atoms with E-state index in [0.29, 0.717) is 6.61 Å². The van der Waals surface area contributed by atoms with Crippen LogP contribution in [0, 0.1) is 6.07 Å². The molecule has 0 aromatic heterocycles. The zero-order valence-electron chi connectivity index (χ0n) is 5.42. The standard InChI is InChI=1S/C8H9O/c1-9-7-8-5-3-2-4-6-8/h2-3,5-6H,7H2,1H3. The van der Waals surface area contributed by atoms with E-state index < -0.39 is 0 Å². The second-order valence-corrected chi connectivity index (χ2v) is 1.84. The van der Waals surface area contributed by atoms with Crippen molar-refractivity contribution < 1.29 is 4.74 Å². The topological polar surface area (TPSA) is 9.23 Å². The Hall–Kier alpha value is -0.820. The summed E-state index contributed by atoms with van der Waals surface area (Å²) in [6.07, 6.45) is 0. The minimum Gasteiger partial charge on any atom is -0.380 e. The maximum Gasteiger partial charge on any atom is 0.0713 e. The highest BCUT2D eigenvalue weighted by Gasteiger charge is 1.84. The van der Waals surface area contributed by atoms with Gasteiger partial charge in [-0.05, 0) is 17.7 Å². The molecule has 9 heavy (non-hydrogen) atoms. The molecule has 0 saturated carbocycles. The van der Waals surface area contributed by atoms with Gasteiger partial charge >= 0.3 is 0 Å². The first-order chi connectivity index (χ1) is 4.43. The summed E-state index contributed by atoms with van der Waals surface area (Å²) in [6, 6.07) is 10.7. The molecule has 0 N–H and O–H groups in total. The van der Waals surface area contributed by atoms with E-state index >= 15 is 0 Å². The van der Waals surface area contributed by atoms with E-state index in [-0.39, 0.29) is 0 Å². The highest BCUT2D eigenvalue weighted by atomic mass is 16.5. The zero-order valence-corrected chi connectivity index (χ0v) is 5.42. The van der Waals surface area contributed by atoms with Gasteiger partial charge in [0.15, 0.2) is 0 Å². The van der Waals surface area contributed by atoms with Crippen molar-refractivity contribution in [1.29, 1.82) is 0 Å². The number of methoxy groups -OCH3 is 1. The number of rotatable bonds is 2. The Morgan fingerprint density at radius 2 is 2.56 bits per heavy atom. The predicted molar refractivity (Wildman–Crippen MR) is 36.0 cm³/mol. The first-order valence-electron chi connectivity index (χ1n) is 2.87. The van der Waals surface area contributed by atoms with E-state index in [1.165, 1.54) is 5.56 Å². The van der Waals surface area contributed by atoms with Crippen LogP contribution >= 0.6 is 0 Å². The quantitative estimate of drug-likeness (QED) is 0.578. The average molecular weight is 121 g/mol. The Balaban J connectivity index is 2.61. The van der Waals surface area contributed by atoms with Crippen molar-refractivity contribution in [1.82, 2.24) is 0 Å². The van der Waals surface area contributed by atoms with Crippen molar-refractivity contribution in [3.8, 4) is 0 Å². The molecule has 0 unspecified atom stereocenters. The van der Waals surface area contributed by atoms with Gasteiger partial charge in [0.25, 0.3) is 0 Å². The maximum atomic E-state index is 4.91. The monoisotopic (exact) mass is 121 g/mol. The summed E-state index contributed by atoms with van der Waals surface area (Å²) in [6.45, 7) is 0.678. The lowest BCUT2D eigenvalue weighted by atomic mass is 10.2. The fourth-order valence-corrected chi connectivity index (χ4v) is 0.687. The van der Waals surface area contributed by atoms with Gasteiger partial charge in [-0.15, -0.1) is 0 Å². The molecule has 0 bridgehead atoms. The Morgan fingerprint density at radius 3 is 3.11 bits per heavy atom. The lowest BCUT2D eigenvalue weighted by Gasteiger charge is -1.95. The molecule has 47 valence electrons. The summed E-state index contributed by atoms with van der Waals surface area (Å²) >= 11 is 0. The van der Waals surface area contributed by atoms with Crippen LogP contribution in [0.5, 0.6) is 0 Å². The highest BCUT2D eigenvalue weighted by Crippen LogP contribution is 1.97. The third kappa shape index (κ3) is 1.86. The molecule has 1 aromatic carbocycles. The van der Waals surface area contributed by atoms with E-state index in [2.05, 4.69) is 6.07 Å². The molecule has 0 spiro atoms. The van der Waals surface area contributed by atoms with Gasteiger partial charge in [-0.1, -0.05) is 18.2 Å². The first kappa shape index (κ1) is 6.30. The molecular weight excluding hydrogens is 112 g/mol. The molecule has 0 aliphatic heterocycles. The van der Waals surface area contributed by atoms with Crippen LogP contribution in [-0.2, 0) is 11.3 Å². The van der Waals surface area contributed by atoms with Gasteiger partial charge in [-0.3, -0.25) is 0 Å². The molecular formula is C8H9O. The molecule has 1 nitrogen and oxygen atoms in total. The van der Waals surface area contributed by atoms with Crippen molar-refractivity contribution in [2.45, 2.75) is 6.61 Å². The summed E-state index contributed by atoms with van der Waals surface area (Å²) in [4.78, 5) is 0. The van der Waals surface area contributed by atoms with Crippen LogP contribution in [0.25, 0.3) is 0 Å². The van der Waals surface area contributed by atoms with Gasteiger partial charge in [-0.2, -0.15) is 0 Å². The van der Waals surface area contributed by atoms with Gasteiger partial charge in [0, 0.05) is 7.11 Å². The van der Waals surface area contributed by atoms with Crippen LogP contribution in [0.2, 0.25) is 0 Å². The largest absolute Gasteiger partial charge is 0.380 e. The second-order valence-electron chi connectivity index (χ2n) is 1.84. The molecule has 0 heterocycles. The summed E-state index contributed by atoms with van der Waals surface area (Å²) in [7, 11) is 1.69. The van der Waals surface area contributed by atoms with Crippen LogP contribution in [0.15, 0.2) is 24.3 Å². The number of hydrogen-bond acceptors (Lipinski definition) is 1. The van der Waals surface area contributed by atoms with Crippen molar-refractivity contribution in [3.05, 3.63) is 35.9 Å². The van der Waals surface area contributed by atoms with E-state index in [9.17, 15) is 0 Å². The van der Waals surface area contributed by atoms with Crippen molar-refractivity contribution >= 4 is 0 Å². The van der Waals surface area contributed by atoms with E-state index in [1.807, 2.05) is 24.3 Å². The normalized spacial score (nSPS) is 9.44. The minimum absolute atomic E-state index is 0.678. The van der Waals surface area contributed by atoms with E-state index in [4.69, 9.17) is 4.74 Å². The molecule has 1 heteroatoms. The number of hydrogen-bond donors (Lipinski definition) is 0. The van der Waals surface area contributed by atoms with Gasteiger partial charge in [0.2, 0.25) is 0 Å². The average Bonchev–Trinajstić information content (AvgIpc) is 1.91. The van der Waals surface area contributed by atoms with Crippen LogP contribution in [-0.4, -0.2) is 7.11 Å². The van der Waals surface area contributed by atoms with Crippen molar-refractivity contribution in [3.63, 3.8) is 0 Å². The molecule has 1 rings (SSSR count). The van der Waals surface area contributed by atoms with Gasteiger partial charge < -0.3 is 4.74 Å². The van der Waals surface area contributed by atoms with Gasteiger partial charge in [0.05, 0.1) is 6.61 Å². The summed E-state index contributed by atoms with van der Waals surface area (Å²) in [5, 5.41) is 0. The minimum atomic E-state index is 0.678. The Kier molecular flexibility index (Phi) is 2.28. The summed E-state index contributed by atoms with van der Waals surface area (Å²) in [5.41, 5.74) is 1.17. The van der Waals surface area contributed by atoms with Gasteiger partial charge in [0.1, 0.15) is 0 Å². The Morgan fingerprint density at radius 1 is 1.67 bits per heavy atom. The summed E-state index contributed by atoms with van der Waals surface area (Å²) < 4.78 is 4.91. The van der Waals surface area contributed by atoms with Gasteiger partial charge in [-0.25, -0.2) is 0 Å². The SMILES string of the molecule is COCc1c[c]ccc1. The number of benzene rings is 1. The molecule has 1 aromatic rings.